The third-order valence-electron chi connectivity index (χ3n) is 4.53. The molecule has 1 saturated heterocycles. The van der Waals surface area contributed by atoms with Crippen molar-refractivity contribution in [2.24, 2.45) is 0 Å². The van der Waals surface area contributed by atoms with Gasteiger partial charge >= 0.3 is 0 Å². The van der Waals surface area contributed by atoms with Gasteiger partial charge in [-0.2, -0.15) is 0 Å². The Morgan fingerprint density at radius 2 is 1.93 bits per heavy atom. The van der Waals surface area contributed by atoms with Gasteiger partial charge in [0.05, 0.1) is 15.2 Å². The fourth-order valence-electron chi connectivity index (χ4n) is 2.97. The molecule has 0 aromatic carbocycles. The lowest BCUT2D eigenvalue weighted by atomic mass is 10.2. The molecule has 1 aliphatic heterocycles. The molecule has 7 nitrogen and oxygen atoms in total. The number of aromatic nitrogens is 2. The maximum Gasteiger partial charge on any atom is 0.261 e. The van der Waals surface area contributed by atoms with E-state index in [2.05, 4.69) is 50.0 Å². The van der Waals surface area contributed by atoms with Crippen molar-refractivity contribution in [2.75, 3.05) is 37.6 Å². The number of nitrogens with one attached hydrogen (secondary N) is 1. The summed E-state index contributed by atoms with van der Waals surface area (Å²) in [4.78, 5) is 38.3. The number of carbonyl (C=O) groups is 2. The highest BCUT2D eigenvalue weighted by atomic mass is 79.9. The molecular formula is C19H24BrN5O2S. The quantitative estimate of drug-likeness (QED) is 0.734. The third-order valence-corrected chi connectivity index (χ3v) is 6.15. The topological polar surface area (TPSA) is 78.4 Å². The first-order chi connectivity index (χ1) is 13.3. The summed E-state index contributed by atoms with van der Waals surface area (Å²) in [6, 6.07) is 5.55. The second kappa shape index (κ2) is 9.00. The summed E-state index contributed by atoms with van der Waals surface area (Å²) in [6.45, 7) is 8.80. The predicted octanol–water partition coefficient (Wildman–Crippen LogP) is 2.81. The molecule has 28 heavy (non-hydrogen) atoms. The molecule has 9 heteroatoms. The summed E-state index contributed by atoms with van der Waals surface area (Å²) >= 11 is 4.68. The maximum atomic E-state index is 12.4. The molecule has 3 heterocycles. The molecule has 0 saturated carbocycles. The Hall–Kier alpha value is -2.00. The number of hydrogen-bond donors (Lipinski definition) is 1. The molecule has 2 aromatic heterocycles. The largest absolute Gasteiger partial charge is 0.353 e. The molecule has 1 aliphatic rings. The van der Waals surface area contributed by atoms with Crippen LogP contribution < -0.4 is 10.2 Å². The Labute approximate surface area is 177 Å². The Balaban J connectivity index is 1.52. The molecule has 0 radical (unpaired) electrons. The van der Waals surface area contributed by atoms with Crippen molar-refractivity contribution >= 4 is 44.9 Å². The molecule has 1 fully saturated rings. The van der Waals surface area contributed by atoms with Gasteiger partial charge in [-0.15, -0.1) is 11.3 Å². The second-order valence-electron chi connectivity index (χ2n) is 7.03. The molecular weight excluding hydrogens is 442 g/mol. The summed E-state index contributed by atoms with van der Waals surface area (Å²) in [5.74, 6) is 1.75. The molecule has 2 amide bonds. The molecule has 3 rings (SSSR count). The molecule has 0 bridgehead atoms. The highest BCUT2D eigenvalue weighted by molar-refractivity contribution is 9.11. The summed E-state index contributed by atoms with van der Waals surface area (Å²) < 4.78 is 0.890. The minimum Gasteiger partial charge on any atom is -0.353 e. The second-order valence-corrected chi connectivity index (χ2v) is 9.50. The van der Waals surface area contributed by atoms with Gasteiger partial charge in [0.1, 0.15) is 11.6 Å². The number of aryl methyl sites for hydroxylation is 1. The number of halogens is 1. The van der Waals surface area contributed by atoms with Gasteiger partial charge < -0.3 is 15.1 Å². The fourth-order valence-corrected chi connectivity index (χ4v) is 4.27. The van der Waals surface area contributed by atoms with Crippen molar-refractivity contribution < 1.29 is 9.59 Å². The van der Waals surface area contributed by atoms with Crippen molar-refractivity contribution in [3.05, 3.63) is 38.4 Å². The van der Waals surface area contributed by atoms with Crippen LogP contribution in [-0.2, 0) is 4.79 Å². The molecule has 0 spiro atoms. The van der Waals surface area contributed by atoms with Gasteiger partial charge in [0.25, 0.3) is 5.91 Å². The van der Waals surface area contributed by atoms with Crippen LogP contribution in [0.4, 0.5) is 5.82 Å². The van der Waals surface area contributed by atoms with E-state index in [1.54, 1.807) is 11.0 Å². The SMILES string of the molecule is Cc1cc(N2CCN(C(=O)CNC(=O)c3ccc(Br)s3)CC2)nc(C(C)C)n1. The minimum atomic E-state index is -0.222. The van der Waals surface area contributed by atoms with E-state index in [0.29, 0.717) is 31.1 Å². The Bertz CT molecular complexity index is 862. The molecule has 0 aliphatic carbocycles. The highest BCUT2D eigenvalue weighted by Crippen LogP contribution is 2.22. The zero-order valence-electron chi connectivity index (χ0n) is 16.2. The van der Waals surface area contributed by atoms with Gasteiger partial charge in [-0.25, -0.2) is 9.97 Å². The molecule has 0 unspecified atom stereocenters. The maximum absolute atomic E-state index is 12.4. The number of amides is 2. The molecule has 0 atom stereocenters. The van der Waals surface area contributed by atoms with E-state index >= 15 is 0 Å². The number of hydrogen-bond acceptors (Lipinski definition) is 6. The van der Waals surface area contributed by atoms with Crippen LogP contribution in [-0.4, -0.2) is 59.4 Å². The molecule has 150 valence electrons. The van der Waals surface area contributed by atoms with E-state index in [4.69, 9.17) is 0 Å². The van der Waals surface area contributed by atoms with Gasteiger partial charge in [0, 0.05) is 43.9 Å². The van der Waals surface area contributed by atoms with Crippen molar-refractivity contribution in [3.63, 3.8) is 0 Å². The lowest BCUT2D eigenvalue weighted by Crippen LogP contribution is -2.51. The Morgan fingerprint density at radius 1 is 1.21 bits per heavy atom. The van der Waals surface area contributed by atoms with E-state index in [9.17, 15) is 9.59 Å². The van der Waals surface area contributed by atoms with Crippen LogP contribution >= 0.6 is 27.3 Å². The lowest BCUT2D eigenvalue weighted by Gasteiger charge is -2.35. The summed E-state index contributed by atoms with van der Waals surface area (Å²) in [7, 11) is 0. The summed E-state index contributed by atoms with van der Waals surface area (Å²) in [5, 5.41) is 2.70. The number of thiophene rings is 1. The minimum absolute atomic E-state index is 0.0124. The smallest absolute Gasteiger partial charge is 0.261 e. The fraction of sp³-hybridized carbons (Fsp3) is 0.474. The number of rotatable bonds is 5. The monoisotopic (exact) mass is 465 g/mol. The predicted molar refractivity (Wildman–Crippen MR) is 114 cm³/mol. The van der Waals surface area contributed by atoms with Crippen LogP contribution in [0.1, 0.15) is 41.0 Å². The van der Waals surface area contributed by atoms with Crippen LogP contribution in [0.2, 0.25) is 0 Å². The first-order valence-electron chi connectivity index (χ1n) is 9.25. The number of anilines is 1. The van der Waals surface area contributed by atoms with E-state index < -0.39 is 0 Å². The van der Waals surface area contributed by atoms with Crippen LogP contribution in [0.5, 0.6) is 0 Å². The van der Waals surface area contributed by atoms with Crippen LogP contribution in [0.25, 0.3) is 0 Å². The Kier molecular flexibility index (Phi) is 6.66. The average molecular weight is 466 g/mol. The van der Waals surface area contributed by atoms with E-state index in [-0.39, 0.29) is 24.3 Å². The van der Waals surface area contributed by atoms with E-state index in [1.807, 2.05) is 19.1 Å². The normalized spacial score (nSPS) is 14.5. The van der Waals surface area contributed by atoms with Crippen LogP contribution in [0.3, 0.4) is 0 Å². The van der Waals surface area contributed by atoms with Crippen molar-refractivity contribution in [1.82, 2.24) is 20.2 Å². The first-order valence-corrected chi connectivity index (χ1v) is 10.9. The lowest BCUT2D eigenvalue weighted by molar-refractivity contribution is -0.130. The van der Waals surface area contributed by atoms with Gasteiger partial charge in [0.15, 0.2) is 0 Å². The Morgan fingerprint density at radius 3 is 2.54 bits per heavy atom. The number of nitrogens with zero attached hydrogens (tertiary/aromatic N) is 4. The summed E-state index contributed by atoms with van der Waals surface area (Å²) in [5.41, 5.74) is 0.954. The van der Waals surface area contributed by atoms with Gasteiger partial charge in [0.2, 0.25) is 5.91 Å². The molecule has 1 N–H and O–H groups in total. The standard InChI is InChI=1S/C19H24BrN5O2S/c1-12(2)18-22-13(3)10-16(23-18)24-6-8-25(9-7-24)17(26)11-21-19(27)14-4-5-15(20)28-14/h4-5,10,12H,6-9,11H2,1-3H3,(H,21,27). The number of piperazine rings is 1. The highest BCUT2D eigenvalue weighted by Gasteiger charge is 2.23. The van der Waals surface area contributed by atoms with Gasteiger partial charge in [-0.3, -0.25) is 9.59 Å². The zero-order valence-corrected chi connectivity index (χ0v) is 18.6. The van der Waals surface area contributed by atoms with Gasteiger partial charge in [-0.1, -0.05) is 13.8 Å². The van der Waals surface area contributed by atoms with E-state index in [1.165, 1.54) is 11.3 Å². The average Bonchev–Trinajstić information content (AvgIpc) is 3.12. The molecule has 2 aromatic rings. The van der Waals surface area contributed by atoms with Crippen molar-refractivity contribution in [2.45, 2.75) is 26.7 Å². The van der Waals surface area contributed by atoms with Crippen molar-refractivity contribution in [1.29, 1.82) is 0 Å². The van der Waals surface area contributed by atoms with E-state index in [0.717, 1.165) is 21.1 Å². The summed E-state index contributed by atoms with van der Waals surface area (Å²) in [6.07, 6.45) is 0. The zero-order chi connectivity index (χ0) is 20.3. The third kappa shape index (κ3) is 5.08. The first kappa shape index (κ1) is 20.7. The van der Waals surface area contributed by atoms with Crippen LogP contribution in [0, 0.1) is 6.92 Å². The van der Waals surface area contributed by atoms with Gasteiger partial charge in [-0.05, 0) is 35.0 Å². The van der Waals surface area contributed by atoms with Crippen molar-refractivity contribution in [3.8, 4) is 0 Å². The van der Waals surface area contributed by atoms with Crippen LogP contribution in [0.15, 0.2) is 22.0 Å². The number of carbonyl (C=O) groups excluding carboxylic acids is 2.